The zero-order valence-electron chi connectivity index (χ0n) is 15.7. The number of carbonyl (C=O) groups excluding carboxylic acids is 1. The van der Waals surface area contributed by atoms with Crippen molar-refractivity contribution in [3.8, 4) is 11.5 Å². The maximum Gasteiger partial charge on any atom is 0.251 e. The highest BCUT2D eigenvalue weighted by molar-refractivity contribution is 5.94. The van der Waals surface area contributed by atoms with Gasteiger partial charge in [-0.05, 0) is 54.7 Å². The highest BCUT2D eigenvalue weighted by Gasteiger charge is 2.14. The van der Waals surface area contributed by atoms with Crippen LogP contribution in [0.15, 0.2) is 36.4 Å². The molecule has 138 valence electrons. The van der Waals surface area contributed by atoms with E-state index < -0.39 is 0 Å². The molecule has 0 aliphatic carbocycles. The largest absolute Gasteiger partial charge is 0.493 e. The highest BCUT2D eigenvalue weighted by Crippen LogP contribution is 2.28. The summed E-state index contributed by atoms with van der Waals surface area (Å²) in [4.78, 5) is 14.7. The van der Waals surface area contributed by atoms with Gasteiger partial charge in [-0.3, -0.25) is 4.79 Å². The number of nitrogens with zero attached hydrogens (tertiary/aromatic N) is 1. The molecular formula is C21H26N2O3. The van der Waals surface area contributed by atoms with E-state index in [1.807, 2.05) is 0 Å². The van der Waals surface area contributed by atoms with E-state index in [4.69, 9.17) is 9.47 Å². The molecule has 1 aliphatic heterocycles. The first-order chi connectivity index (χ1) is 12.6. The highest BCUT2D eigenvalue weighted by atomic mass is 16.5. The number of hydrogen-bond donors (Lipinski definition) is 1. The molecule has 1 heterocycles. The smallest absolute Gasteiger partial charge is 0.251 e. The molecule has 26 heavy (non-hydrogen) atoms. The van der Waals surface area contributed by atoms with Crippen LogP contribution in [0.1, 0.15) is 27.9 Å². The number of methoxy groups -OCH3 is 2. The lowest BCUT2D eigenvalue weighted by Crippen LogP contribution is -2.26. The van der Waals surface area contributed by atoms with E-state index >= 15 is 0 Å². The molecule has 3 rings (SSSR count). The lowest BCUT2D eigenvalue weighted by molar-refractivity contribution is 0.0953. The van der Waals surface area contributed by atoms with Crippen LogP contribution in [-0.4, -0.2) is 40.3 Å². The van der Waals surface area contributed by atoms with E-state index in [0.29, 0.717) is 23.6 Å². The third kappa shape index (κ3) is 3.93. The Kier molecular flexibility index (Phi) is 5.66. The summed E-state index contributed by atoms with van der Waals surface area (Å²) >= 11 is 0. The van der Waals surface area contributed by atoms with Crippen molar-refractivity contribution >= 4 is 11.6 Å². The van der Waals surface area contributed by atoms with Crippen LogP contribution < -0.4 is 19.7 Å². The van der Waals surface area contributed by atoms with Gasteiger partial charge >= 0.3 is 0 Å². The van der Waals surface area contributed by atoms with Crippen molar-refractivity contribution in [3.63, 3.8) is 0 Å². The van der Waals surface area contributed by atoms with E-state index in [-0.39, 0.29) is 5.91 Å². The first kappa shape index (κ1) is 18.1. The summed E-state index contributed by atoms with van der Waals surface area (Å²) in [5.74, 6) is 1.06. The van der Waals surface area contributed by atoms with Crippen molar-refractivity contribution in [2.45, 2.75) is 19.3 Å². The third-order valence-corrected chi connectivity index (χ3v) is 4.84. The quantitative estimate of drug-likeness (QED) is 0.866. The minimum absolute atomic E-state index is 0.108. The molecule has 5 nitrogen and oxygen atoms in total. The topological polar surface area (TPSA) is 50.8 Å². The second-order valence-electron chi connectivity index (χ2n) is 6.56. The van der Waals surface area contributed by atoms with E-state index in [1.165, 1.54) is 23.2 Å². The molecule has 1 N–H and O–H groups in total. The summed E-state index contributed by atoms with van der Waals surface area (Å²) in [5.41, 5.74) is 4.55. The van der Waals surface area contributed by atoms with Crippen LogP contribution in [0.5, 0.6) is 11.5 Å². The Hall–Kier alpha value is -2.69. The van der Waals surface area contributed by atoms with Crippen LogP contribution in [0.4, 0.5) is 5.69 Å². The number of carbonyl (C=O) groups is 1. The Labute approximate surface area is 154 Å². The maximum absolute atomic E-state index is 12.4. The first-order valence-electron chi connectivity index (χ1n) is 8.95. The lowest BCUT2D eigenvalue weighted by Gasteiger charge is -2.27. The molecule has 0 unspecified atom stereocenters. The van der Waals surface area contributed by atoms with E-state index in [2.05, 4.69) is 35.5 Å². The van der Waals surface area contributed by atoms with Crippen LogP contribution in [-0.2, 0) is 12.8 Å². The number of amides is 1. The Morgan fingerprint density at radius 2 is 1.92 bits per heavy atom. The summed E-state index contributed by atoms with van der Waals surface area (Å²) in [6.07, 6.45) is 3.14. The number of nitrogens with one attached hydrogen (secondary N) is 1. The van der Waals surface area contributed by atoms with Crippen molar-refractivity contribution < 1.29 is 14.3 Å². The molecule has 0 saturated carbocycles. The number of rotatable bonds is 6. The van der Waals surface area contributed by atoms with E-state index in [1.54, 1.807) is 32.4 Å². The molecule has 0 aromatic heterocycles. The molecule has 5 heteroatoms. The van der Waals surface area contributed by atoms with Crippen LogP contribution in [0.25, 0.3) is 0 Å². The standard InChI is InChI=1S/C21H26N2O3/c1-23-12-4-5-16-13-15(6-8-18(16)23)10-11-22-21(24)17-7-9-19(25-2)20(14-17)26-3/h6-9,13-14H,4-5,10-12H2,1-3H3,(H,22,24). The van der Waals surface area contributed by atoms with Gasteiger partial charge in [-0.25, -0.2) is 0 Å². The fourth-order valence-electron chi connectivity index (χ4n) is 3.39. The van der Waals surface area contributed by atoms with Gasteiger partial charge in [-0.15, -0.1) is 0 Å². The molecule has 2 aromatic carbocycles. The molecule has 0 radical (unpaired) electrons. The van der Waals surface area contributed by atoms with Gasteiger partial charge < -0.3 is 19.7 Å². The van der Waals surface area contributed by atoms with E-state index in [9.17, 15) is 4.79 Å². The van der Waals surface area contributed by atoms with Crippen molar-refractivity contribution in [1.82, 2.24) is 5.32 Å². The second kappa shape index (κ2) is 8.13. The van der Waals surface area contributed by atoms with E-state index in [0.717, 1.165) is 19.4 Å². The van der Waals surface area contributed by atoms with Gasteiger partial charge in [0.2, 0.25) is 0 Å². The van der Waals surface area contributed by atoms with Gasteiger partial charge in [-0.1, -0.05) is 12.1 Å². The molecule has 2 aromatic rings. The predicted octanol–water partition coefficient (Wildman–Crippen LogP) is 3.06. The number of benzene rings is 2. The summed E-state index contributed by atoms with van der Waals surface area (Å²) in [5, 5.41) is 2.98. The normalized spacial score (nSPS) is 13.1. The Morgan fingerprint density at radius 1 is 1.12 bits per heavy atom. The fraction of sp³-hybridized carbons (Fsp3) is 0.381. The second-order valence-corrected chi connectivity index (χ2v) is 6.56. The van der Waals surface area contributed by atoms with Crippen LogP contribution in [0.2, 0.25) is 0 Å². The zero-order chi connectivity index (χ0) is 18.5. The summed E-state index contributed by atoms with van der Waals surface area (Å²) in [6, 6.07) is 11.8. The third-order valence-electron chi connectivity index (χ3n) is 4.84. The summed E-state index contributed by atoms with van der Waals surface area (Å²) < 4.78 is 10.5. The van der Waals surface area contributed by atoms with Crippen molar-refractivity contribution in [3.05, 3.63) is 53.1 Å². The monoisotopic (exact) mass is 354 g/mol. The molecule has 0 saturated heterocycles. The van der Waals surface area contributed by atoms with Crippen LogP contribution in [0.3, 0.4) is 0 Å². The Balaban J connectivity index is 1.59. The lowest BCUT2D eigenvalue weighted by atomic mass is 9.98. The van der Waals surface area contributed by atoms with Crippen molar-refractivity contribution in [2.75, 3.05) is 39.3 Å². The SMILES string of the molecule is COc1ccc(C(=O)NCCc2ccc3c(c2)CCCN3C)cc1OC. The van der Waals surface area contributed by atoms with Crippen molar-refractivity contribution in [2.24, 2.45) is 0 Å². The van der Waals surface area contributed by atoms with Crippen molar-refractivity contribution in [1.29, 1.82) is 0 Å². The maximum atomic E-state index is 12.4. The van der Waals surface area contributed by atoms with Gasteiger partial charge in [-0.2, -0.15) is 0 Å². The van der Waals surface area contributed by atoms with Gasteiger partial charge in [0, 0.05) is 31.4 Å². The van der Waals surface area contributed by atoms with Gasteiger partial charge in [0.15, 0.2) is 11.5 Å². The molecule has 1 amide bonds. The average molecular weight is 354 g/mol. The fourth-order valence-corrected chi connectivity index (χ4v) is 3.39. The minimum atomic E-state index is -0.108. The average Bonchev–Trinajstić information content (AvgIpc) is 2.67. The zero-order valence-corrected chi connectivity index (χ0v) is 15.7. The number of ether oxygens (including phenoxy) is 2. The molecule has 0 fully saturated rings. The minimum Gasteiger partial charge on any atom is -0.493 e. The van der Waals surface area contributed by atoms with Gasteiger partial charge in [0.25, 0.3) is 5.91 Å². The number of anilines is 1. The van der Waals surface area contributed by atoms with Crippen LogP contribution >= 0.6 is 0 Å². The van der Waals surface area contributed by atoms with Crippen LogP contribution in [0, 0.1) is 0 Å². The number of fused-ring (bicyclic) bond motifs is 1. The van der Waals surface area contributed by atoms with Gasteiger partial charge in [0.1, 0.15) is 0 Å². The molecule has 1 aliphatic rings. The number of aryl methyl sites for hydroxylation is 1. The predicted molar refractivity (Wildman–Crippen MR) is 104 cm³/mol. The summed E-state index contributed by atoms with van der Waals surface area (Å²) in [7, 11) is 5.28. The first-order valence-corrected chi connectivity index (χ1v) is 8.95. The molecule has 0 spiro atoms. The summed E-state index contributed by atoms with van der Waals surface area (Å²) in [6.45, 7) is 1.72. The molecule has 0 bridgehead atoms. The molecular weight excluding hydrogens is 328 g/mol. The Bertz CT molecular complexity index is 789. The van der Waals surface area contributed by atoms with Gasteiger partial charge in [0.05, 0.1) is 14.2 Å². The Morgan fingerprint density at radius 3 is 2.69 bits per heavy atom. The number of hydrogen-bond acceptors (Lipinski definition) is 4. The molecule has 0 atom stereocenters.